The van der Waals surface area contributed by atoms with E-state index in [0.717, 1.165) is 8.78 Å². The van der Waals surface area contributed by atoms with E-state index in [1.54, 1.807) is 30.3 Å². The number of hydrogen-bond donors (Lipinski definition) is 1. The molecular weight excluding hydrogens is 566 g/mol. The zero-order valence-electron chi connectivity index (χ0n) is 19.8. The molecule has 3 aromatic heterocycles. The SMILES string of the molecule is COc1cnc(OCCOc2ncnc(NS(=O)(=O)N(C)c3ccccn3)c2-c2ccc(Br)cc2)nc1. The molecule has 3 heterocycles. The van der Waals surface area contributed by atoms with Crippen LogP contribution in [-0.4, -0.2) is 60.7 Å². The van der Waals surface area contributed by atoms with Crippen LogP contribution in [0.5, 0.6) is 17.6 Å². The minimum atomic E-state index is -4.07. The molecule has 12 nitrogen and oxygen atoms in total. The van der Waals surface area contributed by atoms with Crippen LogP contribution in [-0.2, 0) is 10.2 Å². The standard InChI is InChI=1S/C23H22BrN7O5S/c1-31(19-5-3-4-10-25-19)37(32,33)30-21-20(16-6-8-17(24)9-7-16)22(29-15-28-21)35-11-12-36-23-26-13-18(34-2)14-27-23/h3-10,13-15H,11-12H2,1-2H3,(H,28,29,30). The van der Waals surface area contributed by atoms with Gasteiger partial charge < -0.3 is 14.2 Å². The van der Waals surface area contributed by atoms with Crippen molar-refractivity contribution in [2.75, 3.05) is 36.4 Å². The average molecular weight is 588 g/mol. The monoisotopic (exact) mass is 587 g/mol. The molecule has 0 radical (unpaired) electrons. The van der Waals surface area contributed by atoms with Gasteiger partial charge in [0.15, 0.2) is 11.6 Å². The molecule has 0 bridgehead atoms. The fourth-order valence-corrected chi connectivity index (χ4v) is 4.20. The molecule has 37 heavy (non-hydrogen) atoms. The molecule has 0 saturated heterocycles. The lowest BCUT2D eigenvalue weighted by molar-refractivity contribution is 0.201. The van der Waals surface area contributed by atoms with Crippen LogP contribution in [0.1, 0.15) is 0 Å². The van der Waals surface area contributed by atoms with E-state index in [9.17, 15) is 8.42 Å². The molecule has 0 amide bonds. The van der Waals surface area contributed by atoms with Crippen molar-refractivity contribution >= 4 is 37.8 Å². The predicted octanol–water partition coefficient (Wildman–Crippen LogP) is 3.35. The number of aromatic nitrogens is 5. The summed E-state index contributed by atoms with van der Waals surface area (Å²) in [5.74, 6) is 0.945. The summed E-state index contributed by atoms with van der Waals surface area (Å²) in [5.41, 5.74) is 0.991. The fraction of sp³-hybridized carbons (Fsp3) is 0.174. The highest BCUT2D eigenvalue weighted by atomic mass is 79.9. The number of nitrogens with zero attached hydrogens (tertiary/aromatic N) is 6. The van der Waals surface area contributed by atoms with Gasteiger partial charge in [-0.25, -0.2) is 24.0 Å². The fourth-order valence-electron chi connectivity index (χ4n) is 3.04. The highest BCUT2D eigenvalue weighted by molar-refractivity contribution is 9.10. The molecule has 192 valence electrons. The first-order valence-corrected chi connectivity index (χ1v) is 13.0. The second kappa shape index (κ2) is 11.8. The number of halogens is 1. The van der Waals surface area contributed by atoms with Crippen molar-refractivity contribution in [3.8, 4) is 28.8 Å². The summed E-state index contributed by atoms with van der Waals surface area (Å²) < 4.78 is 47.0. The highest BCUT2D eigenvalue weighted by Gasteiger charge is 2.24. The van der Waals surface area contributed by atoms with Crippen LogP contribution < -0.4 is 23.2 Å². The minimum absolute atomic E-state index is 0.0366. The number of ether oxygens (including phenoxy) is 3. The number of rotatable bonds is 11. The van der Waals surface area contributed by atoms with E-state index >= 15 is 0 Å². The molecule has 0 saturated carbocycles. The molecule has 0 unspecified atom stereocenters. The van der Waals surface area contributed by atoms with Gasteiger partial charge in [-0.2, -0.15) is 18.4 Å². The summed E-state index contributed by atoms with van der Waals surface area (Å²) in [5, 5.41) is 0. The average Bonchev–Trinajstić information content (AvgIpc) is 2.92. The third-order valence-electron chi connectivity index (χ3n) is 4.90. The second-order valence-corrected chi connectivity index (χ2v) is 9.89. The van der Waals surface area contributed by atoms with Crippen molar-refractivity contribution in [1.82, 2.24) is 24.9 Å². The largest absolute Gasteiger partial charge is 0.494 e. The first-order chi connectivity index (χ1) is 17.9. The van der Waals surface area contributed by atoms with Crippen molar-refractivity contribution in [2.45, 2.75) is 0 Å². The summed E-state index contributed by atoms with van der Waals surface area (Å²) in [6.07, 6.45) is 5.69. The summed E-state index contributed by atoms with van der Waals surface area (Å²) in [6, 6.07) is 12.3. The van der Waals surface area contributed by atoms with E-state index < -0.39 is 10.2 Å². The molecule has 1 aromatic carbocycles. The van der Waals surface area contributed by atoms with Crippen LogP contribution >= 0.6 is 15.9 Å². The Morgan fingerprint density at radius 2 is 1.68 bits per heavy atom. The Balaban J connectivity index is 1.56. The lowest BCUT2D eigenvalue weighted by Crippen LogP contribution is -2.33. The van der Waals surface area contributed by atoms with Gasteiger partial charge >= 0.3 is 16.2 Å². The maximum atomic E-state index is 13.1. The van der Waals surface area contributed by atoms with Crippen LogP contribution in [0, 0.1) is 0 Å². The first kappa shape index (κ1) is 26.0. The van der Waals surface area contributed by atoms with Gasteiger partial charge in [-0.1, -0.05) is 34.1 Å². The number of anilines is 2. The van der Waals surface area contributed by atoms with Crippen LogP contribution in [0.15, 0.2) is 71.9 Å². The molecule has 0 atom stereocenters. The van der Waals surface area contributed by atoms with Gasteiger partial charge in [0.1, 0.15) is 25.4 Å². The summed E-state index contributed by atoms with van der Waals surface area (Å²) in [7, 11) is -1.17. The number of hydrogen-bond acceptors (Lipinski definition) is 10. The molecule has 0 spiro atoms. The van der Waals surface area contributed by atoms with Crippen LogP contribution in [0.3, 0.4) is 0 Å². The van der Waals surface area contributed by atoms with E-state index in [1.807, 2.05) is 12.1 Å². The smallest absolute Gasteiger partial charge is 0.326 e. The van der Waals surface area contributed by atoms with Gasteiger partial charge in [-0.3, -0.25) is 0 Å². The van der Waals surface area contributed by atoms with Crippen molar-refractivity contribution in [2.24, 2.45) is 0 Å². The van der Waals surface area contributed by atoms with E-state index in [1.165, 1.54) is 39.1 Å². The van der Waals surface area contributed by atoms with Crippen molar-refractivity contribution in [1.29, 1.82) is 0 Å². The third-order valence-corrected chi connectivity index (χ3v) is 6.79. The number of benzene rings is 1. The quantitative estimate of drug-likeness (QED) is 0.259. The minimum Gasteiger partial charge on any atom is -0.494 e. The highest BCUT2D eigenvalue weighted by Crippen LogP contribution is 2.35. The van der Waals surface area contributed by atoms with E-state index in [-0.39, 0.29) is 36.7 Å². The van der Waals surface area contributed by atoms with Crippen molar-refractivity contribution in [3.63, 3.8) is 0 Å². The first-order valence-electron chi connectivity index (χ1n) is 10.8. The zero-order valence-corrected chi connectivity index (χ0v) is 22.2. The molecule has 0 aliphatic rings. The molecule has 4 rings (SSSR count). The Bertz CT molecular complexity index is 1430. The Labute approximate surface area is 222 Å². The molecular formula is C23H22BrN7O5S. The van der Waals surface area contributed by atoms with Gasteiger partial charge in [-0.15, -0.1) is 0 Å². The molecule has 0 aliphatic heterocycles. The predicted molar refractivity (Wildman–Crippen MR) is 140 cm³/mol. The number of nitrogens with one attached hydrogen (secondary N) is 1. The lowest BCUT2D eigenvalue weighted by Gasteiger charge is -2.20. The van der Waals surface area contributed by atoms with Crippen molar-refractivity contribution in [3.05, 3.63) is 71.9 Å². The molecule has 1 N–H and O–H groups in total. The Morgan fingerprint density at radius 3 is 2.35 bits per heavy atom. The van der Waals surface area contributed by atoms with Gasteiger partial charge in [0, 0.05) is 17.7 Å². The van der Waals surface area contributed by atoms with Crippen LogP contribution in [0.4, 0.5) is 11.6 Å². The molecule has 4 aromatic rings. The number of pyridine rings is 1. The maximum Gasteiger partial charge on any atom is 0.326 e. The number of methoxy groups -OCH3 is 1. The molecule has 0 aliphatic carbocycles. The molecule has 0 fully saturated rings. The Hall–Kier alpha value is -4.04. The topological polar surface area (TPSA) is 142 Å². The lowest BCUT2D eigenvalue weighted by atomic mass is 10.1. The Kier molecular flexibility index (Phi) is 8.30. The van der Waals surface area contributed by atoms with Gasteiger partial charge in [-0.05, 0) is 29.8 Å². The normalized spacial score (nSPS) is 11.0. The Morgan fingerprint density at radius 1 is 0.946 bits per heavy atom. The zero-order chi connectivity index (χ0) is 26.3. The van der Waals surface area contributed by atoms with E-state index in [4.69, 9.17) is 14.2 Å². The maximum absolute atomic E-state index is 13.1. The summed E-state index contributed by atoms with van der Waals surface area (Å²) in [4.78, 5) is 20.6. The second-order valence-electron chi connectivity index (χ2n) is 7.27. The molecule has 14 heteroatoms. The van der Waals surface area contributed by atoms with Gasteiger partial charge in [0.2, 0.25) is 5.88 Å². The van der Waals surface area contributed by atoms with E-state index in [0.29, 0.717) is 16.9 Å². The third kappa shape index (κ3) is 6.59. The van der Waals surface area contributed by atoms with Gasteiger partial charge in [0.05, 0.1) is 25.1 Å². The van der Waals surface area contributed by atoms with Crippen LogP contribution in [0.2, 0.25) is 0 Å². The van der Waals surface area contributed by atoms with Crippen LogP contribution in [0.25, 0.3) is 11.1 Å². The summed E-state index contributed by atoms with van der Waals surface area (Å²) >= 11 is 3.41. The van der Waals surface area contributed by atoms with Gasteiger partial charge in [0.25, 0.3) is 0 Å². The van der Waals surface area contributed by atoms with E-state index in [2.05, 4.69) is 45.6 Å². The van der Waals surface area contributed by atoms with Crippen molar-refractivity contribution < 1.29 is 22.6 Å². The summed E-state index contributed by atoms with van der Waals surface area (Å²) in [6.45, 7) is 0.190.